The molecule has 0 radical (unpaired) electrons. The molecule has 10 heteroatoms. The number of hydrogen-bond acceptors (Lipinski definition) is 6. The van der Waals surface area contributed by atoms with E-state index in [4.69, 9.17) is 11.6 Å². The molecule has 0 saturated carbocycles. The zero-order valence-corrected chi connectivity index (χ0v) is 17.1. The maximum absolute atomic E-state index is 13.3. The second-order valence-corrected chi connectivity index (χ2v) is 7.45. The molecule has 2 aromatic carbocycles. The molecule has 1 unspecified atom stereocenters. The van der Waals surface area contributed by atoms with Gasteiger partial charge in [0.2, 0.25) is 11.9 Å². The number of tetrazole rings is 1. The van der Waals surface area contributed by atoms with Crippen molar-refractivity contribution in [3.63, 3.8) is 0 Å². The minimum Gasteiger partial charge on any atom is -0.337 e. The van der Waals surface area contributed by atoms with Crippen LogP contribution in [0.1, 0.15) is 6.92 Å². The number of piperazine rings is 1. The van der Waals surface area contributed by atoms with Crippen molar-refractivity contribution in [1.82, 2.24) is 25.1 Å². The Labute approximate surface area is 178 Å². The molecule has 1 atom stereocenters. The highest BCUT2D eigenvalue weighted by atomic mass is 35.5. The van der Waals surface area contributed by atoms with Gasteiger partial charge in [-0.1, -0.05) is 34.9 Å². The van der Waals surface area contributed by atoms with E-state index in [1.54, 1.807) is 4.68 Å². The van der Waals surface area contributed by atoms with Crippen LogP contribution in [-0.4, -0.2) is 63.2 Å². The fourth-order valence-corrected chi connectivity index (χ4v) is 3.59. The van der Waals surface area contributed by atoms with E-state index < -0.39 is 5.82 Å². The SMILES string of the molecule is CC(C(=O)Nc1ccc(F)c(Cl)c1)N1CCN(c2nnnn2-c2ccccc2)CC1. The Balaban J connectivity index is 1.37. The van der Waals surface area contributed by atoms with Crippen LogP contribution in [0.15, 0.2) is 48.5 Å². The number of carbonyl (C=O) groups excluding carboxylic acids is 1. The third-order valence-electron chi connectivity index (χ3n) is 5.17. The second kappa shape index (κ2) is 8.76. The van der Waals surface area contributed by atoms with Crippen LogP contribution in [0.5, 0.6) is 0 Å². The van der Waals surface area contributed by atoms with Crippen molar-refractivity contribution in [1.29, 1.82) is 0 Å². The van der Waals surface area contributed by atoms with Gasteiger partial charge in [0.05, 0.1) is 16.8 Å². The molecule has 0 aliphatic carbocycles. The summed E-state index contributed by atoms with van der Waals surface area (Å²) in [6.07, 6.45) is 0. The van der Waals surface area contributed by atoms with Crippen LogP contribution in [0.25, 0.3) is 5.69 Å². The summed E-state index contributed by atoms with van der Waals surface area (Å²) in [5.41, 5.74) is 1.37. The molecule has 1 aliphatic rings. The Hall–Kier alpha value is -3.04. The first-order valence-corrected chi connectivity index (χ1v) is 9.99. The monoisotopic (exact) mass is 429 g/mol. The molecule has 4 rings (SSSR count). The molecule has 1 amide bonds. The van der Waals surface area contributed by atoms with Gasteiger partial charge in [0, 0.05) is 31.9 Å². The molecule has 0 bridgehead atoms. The predicted octanol–water partition coefficient (Wildman–Crippen LogP) is 2.60. The number of benzene rings is 2. The molecule has 8 nitrogen and oxygen atoms in total. The molecular weight excluding hydrogens is 409 g/mol. The summed E-state index contributed by atoms with van der Waals surface area (Å²) in [5.74, 6) is -0.00386. The number of hydrogen-bond donors (Lipinski definition) is 1. The lowest BCUT2D eigenvalue weighted by atomic mass is 10.2. The average molecular weight is 430 g/mol. The van der Waals surface area contributed by atoms with Crippen molar-refractivity contribution < 1.29 is 9.18 Å². The number of nitrogens with one attached hydrogen (secondary N) is 1. The number of halogens is 2. The first-order valence-electron chi connectivity index (χ1n) is 9.61. The standard InChI is InChI=1S/C20H21ClFN7O/c1-14(19(30)23-15-7-8-18(22)17(21)13-15)27-9-11-28(12-10-27)20-24-25-26-29(20)16-5-3-2-4-6-16/h2-8,13-14H,9-12H2,1H3,(H,23,30). The van der Waals surface area contributed by atoms with Crippen molar-refractivity contribution in [2.75, 3.05) is 36.4 Å². The first kappa shape index (κ1) is 20.2. The Morgan fingerprint density at radius 1 is 1.13 bits per heavy atom. The zero-order valence-electron chi connectivity index (χ0n) is 16.4. The third kappa shape index (κ3) is 4.27. The van der Waals surface area contributed by atoms with E-state index >= 15 is 0 Å². The van der Waals surface area contributed by atoms with E-state index in [0.29, 0.717) is 37.8 Å². The van der Waals surface area contributed by atoms with Gasteiger partial charge < -0.3 is 10.2 Å². The van der Waals surface area contributed by atoms with Crippen molar-refractivity contribution in [3.05, 3.63) is 59.4 Å². The summed E-state index contributed by atoms with van der Waals surface area (Å²) in [7, 11) is 0. The van der Waals surface area contributed by atoms with Crippen molar-refractivity contribution in [3.8, 4) is 5.69 Å². The molecule has 1 N–H and O–H groups in total. The minimum absolute atomic E-state index is 0.0230. The van der Waals surface area contributed by atoms with Gasteiger partial charge in [-0.3, -0.25) is 9.69 Å². The largest absolute Gasteiger partial charge is 0.337 e. The van der Waals surface area contributed by atoms with Crippen molar-refractivity contribution in [2.45, 2.75) is 13.0 Å². The van der Waals surface area contributed by atoms with Gasteiger partial charge in [0.25, 0.3) is 0 Å². The van der Waals surface area contributed by atoms with E-state index in [9.17, 15) is 9.18 Å². The van der Waals surface area contributed by atoms with Gasteiger partial charge in [-0.05, 0) is 47.7 Å². The van der Waals surface area contributed by atoms with Gasteiger partial charge in [0.15, 0.2) is 0 Å². The molecular formula is C20H21ClFN7O. The predicted molar refractivity (Wildman–Crippen MR) is 112 cm³/mol. The van der Waals surface area contributed by atoms with Crippen LogP contribution in [-0.2, 0) is 4.79 Å². The maximum Gasteiger partial charge on any atom is 0.250 e. The maximum atomic E-state index is 13.3. The molecule has 3 aromatic rings. The molecule has 1 aromatic heterocycles. The molecule has 1 fully saturated rings. The van der Waals surface area contributed by atoms with Gasteiger partial charge >= 0.3 is 0 Å². The summed E-state index contributed by atoms with van der Waals surface area (Å²) < 4.78 is 15.0. The van der Waals surface area contributed by atoms with Crippen LogP contribution in [0, 0.1) is 5.82 Å². The molecule has 156 valence electrons. The van der Waals surface area contributed by atoms with Crippen LogP contribution in [0.3, 0.4) is 0 Å². The summed E-state index contributed by atoms with van der Waals surface area (Å²) >= 11 is 5.79. The Kier molecular flexibility index (Phi) is 5.91. The van der Waals surface area contributed by atoms with Crippen molar-refractivity contribution >= 4 is 29.1 Å². The lowest BCUT2D eigenvalue weighted by molar-refractivity contribution is -0.120. The quantitative estimate of drug-likeness (QED) is 0.671. The first-order chi connectivity index (χ1) is 14.5. The van der Waals surface area contributed by atoms with E-state index in [1.807, 2.05) is 37.3 Å². The fourth-order valence-electron chi connectivity index (χ4n) is 3.41. The molecule has 30 heavy (non-hydrogen) atoms. The minimum atomic E-state index is -0.517. The number of nitrogens with zero attached hydrogens (tertiary/aromatic N) is 6. The molecule has 1 aliphatic heterocycles. The Morgan fingerprint density at radius 3 is 2.57 bits per heavy atom. The highest BCUT2D eigenvalue weighted by molar-refractivity contribution is 6.31. The number of aromatic nitrogens is 4. The average Bonchev–Trinajstić information content (AvgIpc) is 3.26. The number of carbonyl (C=O) groups is 1. The van der Waals surface area contributed by atoms with Gasteiger partial charge in [-0.2, -0.15) is 4.68 Å². The van der Waals surface area contributed by atoms with Gasteiger partial charge in [-0.15, -0.1) is 0 Å². The number of para-hydroxylation sites is 1. The van der Waals surface area contributed by atoms with Crippen LogP contribution < -0.4 is 10.2 Å². The molecule has 0 spiro atoms. The van der Waals surface area contributed by atoms with E-state index in [2.05, 4.69) is 30.6 Å². The van der Waals surface area contributed by atoms with Crippen LogP contribution in [0.2, 0.25) is 5.02 Å². The van der Waals surface area contributed by atoms with Gasteiger partial charge in [0.1, 0.15) is 5.82 Å². The zero-order chi connectivity index (χ0) is 21.1. The molecule has 2 heterocycles. The van der Waals surface area contributed by atoms with Crippen LogP contribution >= 0.6 is 11.6 Å². The molecule has 1 saturated heterocycles. The summed E-state index contributed by atoms with van der Waals surface area (Å²) in [6.45, 7) is 4.59. The summed E-state index contributed by atoms with van der Waals surface area (Å²) in [4.78, 5) is 16.8. The lowest BCUT2D eigenvalue weighted by Crippen LogP contribution is -2.53. The fraction of sp³-hybridized carbons (Fsp3) is 0.300. The van der Waals surface area contributed by atoms with Crippen LogP contribution in [0.4, 0.5) is 16.0 Å². The van der Waals surface area contributed by atoms with Gasteiger partial charge in [-0.25, -0.2) is 4.39 Å². The smallest absolute Gasteiger partial charge is 0.250 e. The lowest BCUT2D eigenvalue weighted by Gasteiger charge is -2.37. The second-order valence-electron chi connectivity index (χ2n) is 7.04. The third-order valence-corrected chi connectivity index (χ3v) is 5.45. The highest BCUT2D eigenvalue weighted by Gasteiger charge is 2.28. The van der Waals surface area contributed by atoms with E-state index in [0.717, 1.165) is 5.69 Å². The normalized spacial score (nSPS) is 15.8. The highest BCUT2D eigenvalue weighted by Crippen LogP contribution is 2.21. The van der Waals surface area contributed by atoms with Crippen molar-refractivity contribution in [2.24, 2.45) is 0 Å². The Morgan fingerprint density at radius 2 is 1.87 bits per heavy atom. The van der Waals surface area contributed by atoms with E-state index in [1.165, 1.54) is 18.2 Å². The summed E-state index contributed by atoms with van der Waals surface area (Å²) in [6, 6.07) is 13.5. The number of rotatable bonds is 5. The Bertz CT molecular complexity index is 1020. The topological polar surface area (TPSA) is 79.2 Å². The number of amides is 1. The number of anilines is 2. The summed E-state index contributed by atoms with van der Waals surface area (Å²) in [5, 5.41) is 14.9. The van der Waals surface area contributed by atoms with E-state index in [-0.39, 0.29) is 17.0 Å².